The third-order valence-corrected chi connectivity index (χ3v) is 6.70. The van der Waals surface area contributed by atoms with Gasteiger partial charge in [-0.2, -0.15) is 0 Å². The normalized spacial score (nSPS) is 11.3. The van der Waals surface area contributed by atoms with Gasteiger partial charge in [0.05, 0.1) is 19.3 Å². The topological polar surface area (TPSA) is 97.0 Å². The van der Waals surface area contributed by atoms with Crippen molar-refractivity contribution in [1.82, 2.24) is 0 Å². The zero-order valence-electron chi connectivity index (χ0n) is 13.7. The Morgan fingerprint density at radius 2 is 1.96 bits per heavy atom. The molecule has 0 aliphatic rings. The molecular formula is C17H15NO6S2. The van der Waals surface area contributed by atoms with E-state index < -0.39 is 16.0 Å². The highest BCUT2D eigenvalue weighted by Gasteiger charge is 2.29. The Balaban J connectivity index is 2.08. The van der Waals surface area contributed by atoms with E-state index in [1.807, 2.05) is 0 Å². The van der Waals surface area contributed by atoms with Gasteiger partial charge in [-0.05, 0) is 35.7 Å². The van der Waals surface area contributed by atoms with E-state index in [0.29, 0.717) is 11.4 Å². The SMILES string of the molecule is COc1ccccc1N(Cc1ccc(C(=O)O)o1)S(=O)(=O)c1cccs1. The van der Waals surface area contributed by atoms with Gasteiger partial charge in [0.15, 0.2) is 0 Å². The van der Waals surface area contributed by atoms with Crippen LogP contribution in [0.4, 0.5) is 5.69 Å². The van der Waals surface area contributed by atoms with Gasteiger partial charge in [0, 0.05) is 0 Å². The molecule has 7 nitrogen and oxygen atoms in total. The van der Waals surface area contributed by atoms with E-state index in [9.17, 15) is 13.2 Å². The lowest BCUT2D eigenvalue weighted by molar-refractivity contribution is 0.0660. The molecule has 0 unspecified atom stereocenters. The fraction of sp³-hybridized carbons (Fsp3) is 0.118. The van der Waals surface area contributed by atoms with Crippen molar-refractivity contribution in [3.63, 3.8) is 0 Å². The van der Waals surface area contributed by atoms with Gasteiger partial charge in [-0.15, -0.1) is 11.3 Å². The maximum absolute atomic E-state index is 13.1. The number of ether oxygens (including phenoxy) is 1. The standard InChI is InChI=1S/C17H15NO6S2/c1-23-14-6-3-2-5-13(14)18(26(21,22)16-7-4-10-25-16)11-12-8-9-15(24-12)17(19)20/h2-10H,11H2,1H3,(H,19,20). The predicted molar refractivity (Wildman–Crippen MR) is 96.3 cm³/mol. The number of hydrogen-bond acceptors (Lipinski definition) is 6. The Hall–Kier alpha value is -2.78. The molecule has 136 valence electrons. The van der Waals surface area contributed by atoms with Crippen LogP contribution in [0.15, 0.2) is 62.5 Å². The number of benzene rings is 1. The molecule has 0 fully saturated rings. The molecule has 0 radical (unpaired) electrons. The minimum absolute atomic E-state index is 0.161. The summed E-state index contributed by atoms with van der Waals surface area (Å²) in [7, 11) is -2.44. The molecule has 3 rings (SSSR count). The van der Waals surface area contributed by atoms with Crippen LogP contribution in [0.3, 0.4) is 0 Å². The van der Waals surface area contributed by atoms with Gasteiger partial charge in [-0.25, -0.2) is 13.2 Å². The van der Waals surface area contributed by atoms with Crippen LogP contribution < -0.4 is 9.04 Å². The van der Waals surface area contributed by atoms with E-state index in [4.69, 9.17) is 14.3 Å². The quantitative estimate of drug-likeness (QED) is 0.660. The summed E-state index contributed by atoms with van der Waals surface area (Å²) >= 11 is 1.09. The average molecular weight is 393 g/mol. The smallest absolute Gasteiger partial charge is 0.371 e. The Kier molecular flexibility index (Phi) is 5.01. The van der Waals surface area contributed by atoms with Crippen molar-refractivity contribution < 1.29 is 27.5 Å². The van der Waals surface area contributed by atoms with Gasteiger partial charge in [0.25, 0.3) is 10.0 Å². The number of thiophene rings is 1. The molecule has 2 heterocycles. The van der Waals surface area contributed by atoms with Gasteiger partial charge in [-0.3, -0.25) is 4.31 Å². The van der Waals surface area contributed by atoms with Gasteiger partial charge in [-0.1, -0.05) is 18.2 Å². The van der Waals surface area contributed by atoms with Crippen LogP contribution in [-0.4, -0.2) is 26.6 Å². The highest BCUT2D eigenvalue weighted by atomic mass is 32.2. The van der Waals surface area contributed by atoms with Crippen LogP contribution in [0.1, 0.15) is 16.3 Å². The number of methoxy groups -OCH3 is 1. The molecule has 0 bridgehead atoms. The highest BCUT2D eigenvalue weighted by Crippen LogP contribution is 2.34. The first-order valence-corrected chi connectivity index (χ1v) is 9.76. The summed E-state index contributed by atoms with van der Waals surface area (Å²) in [4.78, 5) is 11.0. The lowest BCUT2D eigenvalue weighted by Gasteiger charge is -2.24. The monoisotopic (exact) mass is 393 g/mol. The third kappa shape index (κ3) is 3.44. The number of rotatable bonds is 7. The molecule has 0 amide bonds. The molecular weight excluding hydrogens is 378 g/mol. The Labute approximate surface area is 154 Å². The number of carboxylic acids is 1. The molecule has 9 heteroatoms. The van der Waals surface area contributed by atoms with E-state index in [2.05, 4.69) is 0 Å². The number of aromatic carboxylic acids is 1. The number of hydrogen-bond donors (Lipinski definition) is 1. The van der Waals surface area contributed by atoms with Crippen molar-refractivity contribution in [2.45, 2.75) is 10.8 Å². The van der Waals surface area contributed by atoms with Crippen molar-refractivity contribution in [2.75, 3.05) is 11.4 Å². The second kappa shape index (κ2) is 7.22. The molecule has 3 aromatic rings. The first-order valence-electron chi connectivity index (χ1n) is 7.44. The van der Waals surface area contributed by atoms with Crippen LogP contribution >= 0.6 is 11.3 Å². The van der Waals surface area contributed by atoms with Crippen molar-refractivity contribution in [2.24, 2.45) is 0 Å². The van der Waals surface area contributed by atoms with Crippen LogP contribution in [-0.2, 0) is 16.6 Å². The Morgan fingerprint density at radius 3 is 2.58 bits per heavy atom. The minimum atomic E-state index is -3.89. The lowest BCUT2D eigenvalue weighted by Crippen LogP contribution is -2.30. The van der Waals surface area contributed by atoms with E-state index in [0.717, 1.165) is 15.6 Å². The molecule has 2 aromatic heterocycles. The minimum Gasteiger partial charge on any atom is -0.495 e. The van der Waals surface area contributed by atoms with Gasteiger partial charge >= 0.3 is 5.97 Å². The summed E-state index contributed by atoms with van der Waals surface area (Å²) in [5.41, 5.74) is 0.330. The lowest BCUT2D eigenvalue weighted by atomic mass is 10.3. The van der Waals surface area contributed by atoms with Crippen molar-refractivity contribution in [3.8, 4) is 5.75 Å². The van der Waals surface area contributed by atoms with Crippen LogP contribution in [0.5, 0.6) is 5.75 Å². The number of sulfonamides is 1. The average Bonchev–Trinajstić information content (AvgIpc) is 3.31. The molecule has 0 saturated carbocycles. The number of furan rings is 1. The number of para-hydroxylation sites is 2. The summed E-state index contributed by atoms with van der Waals surface area (Å²) in [6.45, 7) is -0.173. The molecule has 0 aliphatic carbocycles. The summed E-state index contributed by atoms with van der Waals surface area (Å²) in [5, 5.41) is 10.7. The number of carboxylic acid groups (broad SMARTS) is 1. The molecule has 0 atom stereocenters. The van der Waals surface area contributed by atoms with Crippen LogP contribution in [0, 0.1) is 0 Å². The molecule has 26 heavy (non-hydrogen) atoms. The molecule has 1 N–H and O–H groups in total. The largest absolute Gasteiger partial charge is 0.495 e. The number of nitrogens with zero attached hydrogens (tertiary/aromatic N) is 1. The number of anilines is 1. The van der Waals surface area contributed by atoms with E-state index in [1.54, 1.807) is 35.7 Å². The van der Waals surface area contributed by atoms with Gasteiger partial charge in [0.1, 0.15) is 15.7 Å². The predicted octanol–water partition coefficient (Wildman–Crippen LogP) is 3.44. The summed E-state index contributed by atoms with van der Waals surface area (Å²) in [6, 6.07) is 12.6. The van der Waals surface area contributed by atoms with Crippen LogP contribution in [0.2, 0.25) is 0 Å². The second-order valence-electron chi connectivity index (χ2n) is 5.19. The number of carbonyl (C=O) groups is 1. The molecule has 0 saturated heterocycles. The van der Waals surface area contributed by atoms with Crippen LogP contribution in [0.25, 0.3) is 0 Å². The molecule has 0 spiro atoms. The summed E-state index contributed by atoms with van der Waals surface area (Å²) in [5.74, 6) is -0.902. The first kappa shape index (κ1) is 18.0. The van der Waals surface area contributed by atoms with Crippen molar-refractivity contribution in [1.29, 1.82) is 0 Å². The Morgan fingerprint density at radius 1 is 1.19 bits per heavy atom. The summed E-state index contributed by atoms with van der Waals surface area (Å²) < 4.78 is 38.1. The molecule has 1 aromatic carbocycles. The van der Waals surface area contributed by atoms with E-state index in [-0.39, 0.29) is 22.3 Å². The highest BCUT2D eigenvalue weighted by molar-refractivity contribution is 7.94. The zero-order valence-corrected chi connectivity index (χ0v) is 15.3. The fourth-order valence-corrected chi connectivity index (χ4v) is 4.92. The fourth-order valence-electron chi connectivity index (χ4n) is 2.37. The molecule has 0 aliphatic heterocycles. The second-order valence-corrected chi connectivity index (χ2v) is 8.22. The van der Waals surface area contributed by atoms with Crippen molar-refractivity contribution >= 4 is 33.0 Å². The van der Waals surface area contributed by atoms with Gasteiger partial charge < -0.3 is 14.3 Å². The third-order valence-electron chi connectivity index (χ3n) is 3.57. The maximum Gasteiger partial charge on any atom is 0.371 e. The van der Waals surface area contributed by atoms with Gasteiger partial charge in [0.2, 0.25) is 5.76 Å². The van der Waals surface area contributed by atoms with Crippen molar-refractivity contribution in [3.05, 3.63) is 65.4 Å². The Bertz CT molecular complexity index is 1010. The zero-order chi connectivity index (χ0) is 18.7. The van der Waals surface area contributed by atoms with E-state index >= 15 is 0 Å². The summed E-state index contributed by atoms with van der Waals surface area (Å²) in [6.07, 6.45) is 0. The maximum atomic E-state index is 13.1. The van der Waals surface area contributed by atoms with E-state index in [1.165, 1.54) is 25.3 Å². The first-order chi connectivity index (χ1) is 12.4.